The molecule has 0 N–H and O–H groups in total. The summed E-state index contributed by atoms with van der Waals surface area (Å²) in [5.74, 6) is -0.254. The highest BCUT2D eigenvalue weighted by Crippen LogP contribution is 2.29. The van der Waals surface area contributed by atoms with Crippen molar-refractivity contribution in [1.82, 2.24) is 0 Å². The Kier molecular flexibility index (Phi) is 4.93. The van der Waals surface area contributed by atoms with Gasteiger partial charge in [-0.2, -0.15) is 13.2 Å². The molecule has 26 heavy (non-hydrogen) atoms. The smallest absolute Gasteiger partial charge is 0.312 e. The number of hydrogen-bond acceptors (Lipinski definition) is 2. The van der Waals surface area contributed by atoms with E-state index in [0.717, 1.165) is 24.2 Å². The molecule has 1 amide bonds. The fourth-order valence-corrected chi connectivity index (χ4v) is 2.81. The number of rotatable bonds is 4. The molecule has 3 nitrogen and oxygen atoms in total. The van der Waals surface area contributed by atoms with Gasteiger partial charge in [0.15, 0.2) is 5.78 Å². The molecule has 3 rings (SSSR count). The molecule has 0 bridgehead atoms. The normalized spacial score (nSPS) is 15.0. The third kappa shape index (κ3) is 4.02. The second-order valence-corrected chi connectivity index (χ2v) is 6.02. The Morgan fingerprint density at radius 2 is 1.81 bits per heavy atom. The molecule has 2 aromatic carbocycles. The first kappa shape index (κ1) is 17.9. The molecule has 1 fully saturated rings. The standard InChI is InChI=1S/C20H16F3NO2/c21-20(22,23)16-4-1-3-14(13-16)6-11-18(25)15-7-9-17(10-8-15)24-12-2-5-19(24)26/h1,3-4,6-11,13H,2,5,12H2. The molecule has 2 aromatic rings. The predicted molar refractivity (Wildman–Crippen MR) is 92.8 cm³/mol. The molecule has 1 heterocycles. The van der Waals surface area contributed by atoms with Crippen LogP contribution in [0.5, 0.6) is 0 Å². The van der Waals surface area contributed by atoms with Crippen LogP contribution in [0.1, 0.15) is 34.3 Å². The third-order valence-corrected chi connectivity index (χ3v) is 4.18. The molecule has 0 aliphatic carbocycles. The van der Waals surface area contributed by atoms with Crippen LogP contribution in [0.2, 0.25) is 0 Å². The van der Waals surface area contributed by atoms with Crippen LogP contribution < -0.4 is 4.90 Å². The number of nitrogens with zero attached hydrogens (tertiary/aromatic N) is 1. The van der Waals surface area contributed by atoms with E-state index in [1.165, 1.54) is 24.3 Å². The van der Waals surface area contributed by atoms with Crippen molar-refractivity contribution >= 4 is 23.5 Å². The SMILES string of the molecule is O=C(C=Cc1cccc(C(F)(F)F)c1)c1ccc(N2CCCC2=O)cc1. The minimum Gasteiger partial charge on any atom is -0.312 e. The van der Waals surface area contributed by atoms with Crippen molar-refractivity contribution in [2.45, 2.75) is 19.0 Å². The second kappa shape index (κ2) is 7.15. The maximum Gasteiger partial charge on any atom is 0.416 e. The fraction of sp³-hybridized carbons (Fsp3) is 0.200. The summed E-state index contributed by atoms with van der Waals surface area (Å²) in [6, 6.07) is 11.4. The molecule has 0 atom stereocenters. The van der Waals surface area contributed by atoms with E-state index >= 15 is 0 Å². The van der Waals surface area contributed by atoms with Gasteiger partial charge in [-0.3, -0.25) is 9.59 Å². The zero-order valence-electron chi connectivity index (χ0n) is 13.8. The van der Waals surface area contributed by atoms with Crippen LogP contribution in [0, 0.1) is 0 Å². The summed E-state index contributed by atoms with van der Waals surface area (Å²) in [6.07, 6.45) is -0.475. The fourth-order valence-electron chi connectivity index (χ4n) is 2.81. The van der Waals surface area contributed by atoms with Gasteiger partial charge in [0.2, 0.25) is 5.91 Å². The lowest BCUT2D eigenvalue weighted by Crippen LogP contribution is -2.23. The lowest BCUT2D eigenvalue weighted by atomic mass is 10.1. The number of amides is 1. The number of ketones is 1. The van der Waals surface area contributed by atoms with Gasteiger partial charge in [0.1, 0.15) is 0 Å². The molecule has 1 aliphatic heterocycles. The molecule has 0 spiro atoms. The summed E-state index contributed by atoms with van der Waals surface area (Å²) >= 11 is 0. The Morgan fingerprint density at radius 1 is 1.08 bits per heavy atom. The van der Waals surface area contributed by atoms with E-state index in [0.29, 0.717) is 24.1 Å². The number of hydrogen-bond donors (Lipinski definition) is 0. The highest BCUT2D eigenvalue weighted by atomic mass is 19.4. The van der Waals surface area contributed by atoms with Crippen LogP contribution in [-0.2, 0) is 11.0 Å². The summed E-state index contributed by atoms with van der Waals surface area (Å²) in [7, 11) is 0. The van der Waals surface area contributed by atoms with Gasteiger partial charge in [-0.15, -0.1) is 0 Å². The summed E-state index contributed by atoms with van der Waals surface area (Å²) in [6.45, 7) is 0.668. The van der Waals surface area contributed by atoms with E-state index in [9.17, 15) is 22.8 Å². The number of carbonyl (C=O) groups is 2. The van der Waals surface area contributed by atoms with E-state index in [1.807, 2.05) is 0 Å². The number of carbonyl (C=O) groups excluding carboxylic acids is 2. The maximum atomic E-state index is 12.7. The van der Waals surface area contributed by atoms with Crippen molar-refractivity contribution in [3.8, 4) is 0 Å². The van der Waals surface area contributed by atoms with Gasteiger partial charge in [-0.25, -0.2) is 0 Å². The van der Waals surface area contributed by atoms with Crippen LogP contribution in [0.3, 0.4) is 0 Å². The Morgan fingerprint density at radius 3 is 2.42 bits per heavy atom. The molecule has 0 unspecified atom stereocenters. The first-order valence-electron chi connectivity index (χ1n) is 8.15. The minimum absolute atomic E-state index is 0.0634. The number of anilines is 1. The van der Waals surface area contributed by atoms with E-state index in [4.69, 9.17) is 0 Å². The first-order valence-corrected chi connectivity index (χ1v) is 8.15. The Labute approximate surface area is 148 Å². The van der Waals surface area contributed by atoms with E-state index in [-0.39, 0.29) is 11.7 Å². The lowest BCUT2D eigenvalue weighted by Gasteiger charge is -2.15. The molecule has 0 aromatic heterocycles. The molecule has 1 aliphatic rings. The first-order chi connectivity index (χ1) is 12.3. The van der Waals surface area contributed by atoms with Gasteiger partial charge in [0, 0.05) is 24.2 Å². The number of alkyl halides is 3. The Balaban J connectivity index is 1.72. The van der Waals surface area contributed by atoms with Crippen LogP contribution in [0.15, 0.2) is 54.6 Å². The van der Waals surface area contributed by atoms with Crippen molar-refractivity contribution < 1.29 is 22.8 Å². The molecule has 0 saturated carbocycles. The zero-order valence-corrected chi connectivity index (χ0v) is 13.8. The predicted octanol–water partition coefficient (Wildman–Crippen LogP) is 4.73. The third-order valence-electron chi connectivity index (χ3n) is 4.18. The van der Waals surface area contributed by atoms with Gasteiger partial charge in [-0.1, -0.05) is 18.2 Å². The number of benzene rings is 2. The Bertz CT molecular complexity index is 854. The van der Waals surface area contributed by atoms with Crippen molar-refractivity contribution in [1.29, 1.82) is 0 Å². The number of halogens is 3. The topological polar surface area (TPSA) is 37.4 Å². The largest absolute Gasteiger partial charge is 0.416 e. The average Bonchev–Trinajstić information content (AvgIpc) is 3.05. The van der Waals surface area contributed by atoms with Gasteiger partial charge in [-0.05, 0) is 54.5 Å². The summed E-state index contributed by atoms with van der Waals surface area (Å²) in [4.78, 5) is 25.6. The molecular weight excluding hydrogens is 343 g/mol. The van der Waals surface area contributed by atoms with E-state index in [2.05, 4.69) is 0 Å². The lowest BCUT2D eigenvalue weighted by molar-refractivity contribution is -0.137. The molecule has 6 heteroatoms. The van der Waals surface area contributed by atoms with Crippen LogP contribution >= 0.6 is 0 Å². The van der Waals surface area contributed by atoms with E-state index < -0.39 is 11.7 Å². The van der Waals surface area contributed by atoms with Gasteiger partial charge < -0.3 is 4.90 Å². The summed E-state index contributed by atoms with van der Waals surface area (Å²) in [5, 5.41) is 0. The molecular formula is C20H16F3NO2. The van der Waals surface area contributed by atoms with Crippen molar-refractivity contribution in [2.75, 3.05) is 11.4 Å². The monoisotopic (exact) mass is 359 g/mol. The molecule has 0 radical (unpaired) electrons. The second-order valence-electron chi connectivity index (χ2n) is 6.02. The van der Waals surface area contributed by atoms with E-state index in [1.54, 1.807) is 29.2 Å². The van der Waals surface area contributed by atoms with Gasteiger partial charge in [0.25, 0.3) is 0 Å². The van der Waals surface area contributed by atoms with Crippen LogP contribution in [0.4, 0.5) is 18.9 Å². The maximum absolute atomic E-state index is 12.7. The van der Waals surface area contributed by atoms with Crippen molar-refractivity contribution in [2.24, 2.45) is 0 Å². The quantitative estimate of drug-likeness (QED) is 0.585. The van der Waals surface area contributed by atoms with Crippen LogP contribution in [-0.4, -0.2) is 18.2 Å². The van der Waals surface area contributed by atoms with Crippen molar-refractivity contribution in [3.05, 3.63) is 71.3 Å². The zero-order chi connectivity index (χ0) is 18.7. The summed E-state index contributed by atoms with van der Waals surface area (Å²) in [5.41, 5.74) is 0.689. The van der Waals surface area contributed by atoms with Crippen LogP contribution in [0.25, 0.3) is 6.08 Å². The van der Waals surface area contributed by atoms with Gasteiger partial charge in [0.05, 0.1) is 5.56 Å². The van der Waals surface area contributed by atoms with Gasteiger partial charge >= 0.3 is 6.18 Å². The average molecular weight is 359 g/mol. The number of allylic oxidation sites excluding steroid dienone is 1. The molecule has 1 saturated heterocycles. The Hall–Kier alpha value is -2.89. The highest BCUT2D eigenvalue weighted by molar-refractivity contribution is 6.07. The highest BCUT2D eigenvalue weighted by Gasteiger charge is 2.30. The minimum atomic E-state index is -4.42. The molecule has 134 valence electrons. The van der Waals surface area contributed by atoms with Crippen molar-refractivity contribution in [3.63, 3.8) is 0 Å². The summed E-state index contributed by atoms with van der Waals surface area (Å²) < 4.78 is 38.1.